The van der Waals surface area contributed by atoms with Gasteiger partial charge in [-0.1, -0.05) is 12.1 Å². The van der Waals surface area contributed by atoms with E-state index >= 15 is 0 Å². The van der Waals surface area contributed by atoms with Crippen LogP contribution >= 0.6 is 24.0 Å². The molecule has 25 heavy (non-hydrogen) atoms. The van der Waals surface area contributed by atoms with Crippen molar-refractivity contribution in [2.45, 2.75) is 50.5 Å². The van der Waals surface area contributed by atoms with Crippen LogP contribution in [0.2, 0.25) is 0 Å². The van der Waals surface area contributed by atoms with E-state index in [9.17, 15) is 0 Å². The molecule has 7 heteroatoms. The summed E-state index contributed by atoms with van der Waals surface area (Å²) >= 11 is 0. The van der Waals surface area contributed by atoms with Gasteiger partial charge in [-0.05, 0) is 38.3 Å². The fourth-order valence-electron chi connectivity index (χ4n) is 3.37. The summed E-state index contributed by atoms with van der Waals surface area (Å²) in [6.45, 7) is 2.67. The fourth-order valence-corrected chi connectivity index (χ4v) is 3.37. The van der Waals surface area contributed by atoms with Gasteiger partial charge in [-0.25, -0.2) is 0 Å². The molecule has 0 amide bonds. The first-order valence-electron chi connectivity index (χ1n) is 8.62. The average molecular weight is 461 g/mol. The Morgan fingerprint density at radius 1 is 1.32 bits per heavy atom. The predicted molar refractivity (Wildman–Crippen MR) is 109 cm³/mol. The molecule has 0 radical (unpaired) electrons. The Kier molecular flexibility index (Phi) is 7.61. The van der Waals surface area contributed by atoms with Gasteiger partial charge in [-0.3, -0.25) is 4.99 Å². The maximum atomic E-state index is 5.96. The number of aliphatic imine (C=N–C) groups is 1. The summed E-state index contributed by atoms with van der Waals surface area (Å²) in [5, 5.41) is 6.80. The van der Waals surface area contributed by atoms with E-state index in [4.69, 9.17) is 14.2 Å². The van der Waals surface area contributed by atoms with Crippen molar-refractivity contribution in [2.24, 2.45) is 4.99 Å². The number of nitrogens with zero attached hydrogens (tertiary/aromatic N) is 1. The van der Waals surface area contributed by atoms with Gasteiger partial charge in [-0.2, -0.15) is 0 Å². The van der Waals surface area contributed by atoms with Gasteiger partial charge >= 0.3 is 0 Å². The summed E-state index contributed by atoms with van der Waals surface area (Å²) in [5.41, 5.74) is 0. The van der Waals surface area contributed by atoms with Crippen molar-refractivity contribution in [3.8, 4) is 11.5 Å². The maximum absolute atomic E-state index is 5.96. The van der Waals surface area contributed by atoms with Gasteiger partial charge in [0.25, 0.3) is 0 Å². The molecule has 140 valence electrons. The van der Waals surface area contributed by atoms with E-state index in [-0.39, 0.29) is 30.1 Å². The SMILES string of the molecule is CN=C(NCC(C)Oc1ccccc1OC)NC1CC2CCC1O2.I. The van der Waals surface area contributed by atoms with Crippen LogP contribution in [0.4, 0.5) is 0 Å². The summed E-state index contributed by atoms with van der Waals surface area (Å²) in [5.74, 6) is 2.29. The van der Waals surface area contributed by atoms with Crippen LogP contribution in [0.1, 0.15) is 26.2 Å². The summed E-state index contributed by atoms with van der Waals surface area (Å²) in [6, 6.07) is 8.03. The fraction of sp³-hybridized carbons (Fsp3) is 0.611. The zero-order valence-electron chi connectivity index (χ0n) is 15.0. The lowest BCUT2D eigenvalue weighted by Gasteiger charge is -2.24. The number of guanidine groups is 1. The molecule has 2 N–H and O–H groups in total. The summed E-state index contributed by atoms with van der Waals surface area (Å²) in [6.07, 6.45) is 4.15. The first kappa shape index (κ1) is 20.1. The van der Waals surface area contributed by atoms with Gasteiger partial charge in [0.15, 0.2) is 17.5 Å². The molecule has 2 heterocycles. The number of fused-ring (bicyclic) bond motifs is 2. The first-order valence-corrected chi connectivity index (χ1v) is 8.62. The van der Waals surface area contributed by atoms with Gasteiger partial charge in [-0.15, -0.1) is 24.0 Å². The Hall–Kier alpha value is -1.22. The average Bonchev–Trinajstić information content (AvgIpc) is 3.22. The Balaban J connectivity index is 0.00000225. The van der Waals surface area contributed by atoms with E-state index in [1.807, 2.05) is 31.2 Å². The van der Waals surface area contributed by atoms with Gasteiger partial charge in [0.05, 0.1) is 31.9 Å². The number of hydrogen-bond acceptors (Lipinski definition) is 4. The standard InChI is InChI=1S/C18H27N3O3.HI/c1-12(23-17-7-5-4-6-16(17)22-3)11-20-18(19-2)21-14-10-13-8-9-15(14)24-13;/h4-7,12-15H,8-11H2,1-3H3,(H2,19,20,21);1H. The van der Waals surface area contributed by atoms with Gasteiger partial charge < -0.3 is 24.8 Å². The van der Waals surface area contributed by atoms with Crippen LogP contribution in [0, 0.1) is 0 Å². The van der Waals surface area contributed by atoms with Crippen molar-refractivity contribution in [1.29, 1.82) is 0 Å². The third-order valence-electron chi connectivity index (χ3n) is 4.61. The second kappa shape index (κ2) is 9.47. The molecule has 1 aromatic carbocycles. The van der Waals surface area contributed by atoms with Gasteiger partial charge in [0, 0.05) is 7.05 Å². The molecular formula is C18H28IN3O3. The summed E-state index contributed by atoms with van der Waals surface area (Å²) in [4.78, 5) is 4.31. The van der Waals surface area contributed by atoms with Crippen LogP contribution in [0.25, 0.3) is 0 Å². The highest BCUT2D eigenvalue weighted by Gasteiger charge is 2.41. The van der Waals surface area contributed by atoms with E-state index in [0.717, 1.165) is 30.3 Å². The highest BCUT2D eigenvalue weighted by Crippen LogP contribution is 2.34. The molecule has 0 spiro atoms. The molecule has 1 aromatic rings. The molecule has 4 atom stereocenters. The molecule has 2 fully saturated rings. The molecule has 2 aliphatic heterocycles. The Morgan fingerprint density at radius 3 is 2.68 bits per heavy atom. The topological polar surface area (TPSA) is 64.1 Å². The minimum absolute atomic E-state index is 0. The van der Waals surface area contributed by atoms with Crippen LogP contribution in [0.3, 0.4) is 0 Å². The van der Waals surface area contributed by atoms with Crippen molar-refractivity contribution in [1.82, 2.24) is 10.6 Å². The molecule has 3 rings (SSSR count). The number of nitrogens with one attached hydrogen (secondary N) is 2. The number of rotatable bonds is 6. The number of benzene rings is 1. The number of hydrogen-bond donors (Lipinski definition) is 2. The molecule has 2 bridgehead atoms. The lowest BCUT2D eigenvalue weighted by molar-refractivity contribution is 0.0992. The third kappa shape index (κ3) is 5.13. The Bertz CT molecular complexity index is 584. The Morgan fingerprint density at radius 2 is 2.08 bits per heavy atom. The van der Waals surface area contributed by atoms with Crippen molar-refractivity contribution < 1.29 is 14.2 Å². The first-order chi connectivity index (χ1) is 11.7. The number of para-hydroxylation sites is 2. The van der Waals surface area contributed by atoms with E-state index in [1.54, 1.807) is 14.2 Å². The number of methoxy groups -OCH3 is 1. The normalized spacial score (nSPS) is 25.9. The zero-order valence-corrected chi connectivity index (χ0v) is 17.4. The van der Waals surface area contributed by atoms with E-state index < -0.39 is 0 Å². The largest absolute Gasteiger partial charge is 0.493 e. The van der Waals surface area contributed by atoms with Gasteiger partial charge in [0.2, 0.25) is 0 Å². The molecule has 4 unspecified atom stereocenters. The highest BCUT2D eigenvalue weighted by atomic mass is 127. The van der Waals surface area contributed by atoms with E-state index in [2.05, 4.69) is 15.6 Å². The smallest absolute Gasteiger partial charge is 0.191 e. The number of ether oxygens (including phenoxy) is 3. The minimum atomic E-state index is -0.0175. The van der Waals surface area contributed by atoms with Crippen LogP contribution < -0.4 is 20.1 Å². The number of halogens is 1. The molecule has 0 aromatic heterocycles. The second-order valence-electron chi connectivity index (χ2n) is 6.39. The van der Waals surface area contributed by atoms with Crippen LogP contribution in [-0.2, 0) is 4.74 Å². The van der Waals surface area contributed by atoms with E-state index in [0.29, 0.717) is 24.8 Å². The molecular weight excluding hydrogens is 433 g/mol. The molecule has 0 aliphatic carbocycles. The van der Waals surface area contributed by atoms with E-state index in [1.165, 1.54) is 6.42 Å². The predicted octanol–water partition coefficient (Wildman–Crippen LogP) is 2.57. The highest BCUT2D eigenvalue weighted by molar-refractivity contribution is 14.0. The maximum Gasteiger partial charge on any atom is 0.191 e. The minimum Gasteiger partial charge on any atom is -0.493 e. The van der Waals surface area contributed by atoms with Gasteiger partial charge in [0.1, 0.15) is 6.10 Å². The van der Waals surface area contributed by atoms with Crippen molar-refractivity contribution >= 4 is 29.9 Å². The quantitative estimate of drug-likeness (QED) is 0.388. The second-order valence-corrected chi connectivity index (χ2v) is 6.39. The van der Waals surface area contributed by atoms with Crippen molar-refractivity contribution in [3.63, 3.8) is 0 Å². The molecule has 2 saturated heterocycles. The van der Waals surface area contributed by atoms with Crippen molar-refractivity contribution in [3.05, 3.63) is 24.3 Å². The monoisotopic (exact) mass is 461 g/mol. The van der Waals surface area contributed by atoms with Crippen LogP contribution in [-0.4, -0.2) is 51.0 Å². The lowest BCUT2D eigenvalue weighted by atomic mass is 9.96. The molecule has 2 aliphatic rings. The summed E-state index contributed by atoms with van der Waals surface area (Å²) in [7, 11) is 3.43. The Labute approximate surface area is 166 Å². The molecule has 0 saturated carbocycles. The van der Waals surface area contributed by atoms with Crippen LogP contribution in [0.15, 0.2) is 29.3 Å². The molecule has 6 nitrogen and oxygen atoms in total. The third-order valence-corrected chi connectivity index (χ3v) is 4.61. The summed E-state index contributed by atoms with van der Waals surface area (Å²) < 4.78 is 17.1. The van der Waals surface area contributed by atoms with Crippen molar-refractivity contribution in [2.75, 3.05) is 20.7 Å². The van der Waals surface area contributed by atoms with Crippen LogP contribution in [0.5, 0.6) is 11.5 Å². The zero-order chi connectivity index (χ0) is 16.9. The lowest BCUT2D eigenvalue weighted by Crippen LogP contribution is -2.49.